The fraction of sp³-hybridized carbons (Fsp3) is 0.231. The van der Waals surface area contributed by atoms with Gasteiger partial charge in [0.2, 0.25) is 5.91 Å². The first-order valence-electron chi connectivity index (χ1n) is 10.8. The number of hydrogen-bond donors (Lipinski definition) is 1. The molecule has 6 heteroatoms. The van der Waals surface area contributed by atoms with E-state index in [2.05, 4.69) is 22.3 Å². The molecule has 0 atom stereocenters. The number of carbonyl (C=O) groups is 2. The summed E-state index contributed by atoms with van der Waals surface area (Å²) in [5.41, 5.74) is 2.69. The lowest BCUT2D eigenvalue weighted by Crippen LogP contribution is -2.51. The maximum Gasteiger partial charge on any atom is 0.251 e. The van der Waals surface area contributed by atoms with Crippen molar-refractivity contribution in [3.63, 3.8) is 0 Å². The van der Waals surface area contributed by atoms with Gasteiger partial charge in [-0.3, -0.25) is 9.59 Å². The first kappa shape index (κ1) is 21.4. The predicted molar refractivity (Wildman–Crippen MR) is 125 cm³/mol. The van der Waals surface area contributed by atoms with Crippen LogP contribution in [0.2, 0.25) is 0 Å². The summed E-state index contributed by atoms with van der Waals surface area (Å²) >= 11 is 0. The van der Waals surface area contributed by atoms with Crippen LogP contribution in [0.5, 0.6) is 5.75 Å². The first-order chi connectivity index (χ1) is 15.7. The van der Waals surface area contributed by atoms with E-state index in [1.807, 2.05) is 54.6 Å². The molecule has 0 aliphatic carbocycles. The molecular weight excluding hydrogens is 402 g/mol. The Hall–Kier alpha value is -3.80. The number of carbonyl (C=O) groups excluding carboxylic acids is 2. The van der Waals surface area contributed by atoms with Crippen LogP contribution < -0.4 is 15.0 Å². The van der Waals surface area contributed by atoms with Crippen LogP contribution in [0.4, 0.5) is 5.69 Å². The maximum absolute atomic E-state index is 12.6. The Bertz CT molecular complexity index is 1030. The fourth-order valence-corrected chi connectivity index (χ4v) is 3.69. The van der Waals surface area contributed by atoms with E-state index in [4.69, 9.17) is 4.74 Å². The van der Waals surface area contributed by atoms with Crippen LogP contribution in [0.15, 0.2) is 84.9 Å². The number of benzene rings is 3. The lowest BCUT2D eigenvalue weighted by atomic mass is 10.2. The summed E-state index contributed by atoms with van der Waals surface area (Å²) in [6, 6.07) is 27.0. The van der Waals surface area contributed by atoms with Gasteiger partial charge in [-0.15, -0.1) is 0 Å². The van der Waals surface area contributed by atoms with Gasteiger partial charge in [-0.05, 0) is 35.9 Å². The standard InChI is InChI=1S/C26H27N3O3/c30-25(29-16-14-28(15-17-29)23-11-5-2-6-12-23)19-27-26(31)22-10-7-13-24(18-22)32-20-21-8-3-1-4-9-21/h1-13,18H,14-17,19-20H2,(H,27,31). The highest BCUT2D eigenvalue weighted by atomic mass is 16.5. The molecule has 3 aromatic carbocycles. The Kier molecular flexibility index (Phi) is 7.02. The first-order valence-corrected chi connectivity index (χ1v) is 10.8. The van der Waals surface area contributed by atoms with E-state index < -0.39 is 0 Å². The number of piperazine rings is 1. The van der Waals surface area contributed by atoms with Crippen LogP contribution in [0.25, 0.3) is 0 Å². The highest BCUT2D eigenvalue weighted by molar-refractivity contribution is 5.96. The van der Waals surface area contributed by atoms with Gasteiger partial charge in [-0.25, -0.2) is 0 Å². The monoisotopic (exact) mass is 429 g/mol. The van der Waals surface area contributed by atoms with Crippen molar-refractivity contribution in [2.24, 2.45) is 0 Å². The summed E-state index contributed by atoms with van der Waals surface area (Å²) in [5.74, 6) is 0.263. The van der Waals surface area contributed by atoms with Crippen LogP contribution in [-0.2, 0) is 11.4 Å². The van der Waals surface area contributed by atoms with Crippen LogP contribution >= 0.6 is 0 Å². The van der Waals surface area contributed by atoms with Crippen molar-refractivity contribution >= 4 is 17.5 Å². The Morgan fingerprint density at radius 3 is 2.22 bits per heavy atom. The van der Waals surface area contributed by atoms with E-state index in [9.17, 15) is 9.59 Å². The minimum Gasteiger partial charge on any atom is -0.489 e. The molecule has 0 unspecified atom stereocenters. The Labute approximate surface area is 188 Å². The zero-order valence-corrected chi connectivity index (χ0v) is 17.9. The molecule has 0 aromatic heterocycles. The van der Waals surface area contributed by atoms with Crippen LogP contribution in [0, 0.1) is 0 Å². The number of hydrogen-bond acceptors (Lipinski definition) is 4. The highest BCUT2D eigenvalue weighted by Gasteiger charge is 2.21. The van der Waals surface area contributed by atoms with Gasteiger partial charge in [0.25, 0.3) is 5.91 Å². The van der Waals surface area contributed by atoms with E-state index in [0.29, 0.717) is 31.0 Å². The van der Waals surface area contributed by atoms with Gasteiger partial charge in [-0.1, -0.05) is 54.6 Å². The Balaban J connectivity index is 1.24. The second-order valence-electron chi connectivity index (χ2n) is 7.69. The topological polar surface area (TPSA) is 61.9 Å². The molecule has 1 aliphatic heterocycles. The van der Waals surface area contributed by atoms with Crippen LogP contribution in [0.1, 0.15) is 15.9 Å². The normalized spacial score (nSPS) is 13.5. The number of rotatable bonds is 7. The average molecular weight is 430 g/mol. The van der Waals surface area contributed by atoms with Gasteiger partial charge in [-0.2, -0.15) is 0 Å². The molecule has 3 aromatic rings. The van der Waals surface area contributed by atoms with Gasteiger partial charge in [0, 0.05) is 37.4 Å². The summed E-state index contributed by atoms with van der Waals surface area (Å²) in [5, 5.41) is 2.74. The number of amides is 2. The van der Waals surface area contributed by atoms with Crippen molar-refractivity contribution in [2.45, 2.75) is 6.61 Å². The van der Waals surface area contributed by atoms with Crippen molar-refractivity contribution in [1.82, 2.24) is 10.2 Å². The number of para-hydroxylation sites is 1. The number of nitrogens with one attached hydrogen (secondary N) is 1. The quantitative estimate of drug-likeness (QED) is 0.626. The summed E-state index contributed by atoms with van der Waals surface area (Å²) < 4.78 is 5.79. The van der Waals surface area contributed by atoms with E-state index in [1.54, 1.807) is 23.1 Å². The summed E-state index contributed by atoms with van der Waals surface area (Å²) in [4.78, 5) is 29.2. The van der Waals surface area contributed by atoms with E-state index in [1.165, 1.54) is 5.69 Å². The van der Waals surface area contributed by atoms with E-state index in [-0.39, 0.29) is 18.4 Å². The zero-order valence-electron chi connectivity index (χ0n) is 17.9. The molecule has 0 spiro atoms. The molecule has 1 fully saturated rings. The lowest BCUT2D eigenvalue weighted by Gasteiger charge is -2.36. The van der Waals surface area contributed by atoms with Crippen LogP contribution in [0.3, 0.4) is 0 Å². The third-order valence-corrected chi connectivity index (χ3v) is 5.50. The third-order valence-electron chi connectivity index (χ3n) is 5.50. The van der Waals surface area contributed by atoms with Gasteiger partial charge in [0.1, 0.15) is 12.4 Å². The lowest BCUT2D eigenvalue weighted by molar-refractivity contribution is -0.130. The summed E-state index contributed by atoms with van der Waals surface area (Å²) in [6.07, 6.45) is 0. The third kappa shape index (κ3) is 5.66. The van der Waals surface area contributed by atoms with E-state index >= 15 is 0 Å². The molecule has 6 nitrogen and oxygen atoms in total. The van der Waals surface area contributed by atoms with Crippen molar-refractivity contribution in [3.05, 3.63) is 96.1 Å². The Morgan fingerprint density at radius 1 is 0.812 bits per heavy atom. The second-order valence-corrected chi connectivity index (χ2v) is 7.69. The molecule has 2 amide bonds. The van der Waals surface area contributed by atoms with Crippen molar-refractivity contribution < 1.29 is 14.3 Å². The van der Waals surface area contributed by atoms with E-state index in [0.717, 1.165) is 18.7 Å². The second kappa shape index (κ2) is 10.5. The smallest absolute Gasteiger partial charge is 0.251 e. The molecule has 164 valence electrons. The molecular formula is C26H27N3O3. The molecule has 1 aliphatic rings. The highest BCUT2D eigenvalue weighted by Crippen LogP contribution is 2.16. The number of anilines is 1. The minimum absolute atomic E-state index is 0.0146. The molecule has 0 bridgehead atoms. The summed E-state index contributed by atoms with van der Waals surface area (Å²) in [6.45, 7) is 3.27. The van der Waals surface area contributed by atoms with Gasteiger partial charge < -0.3 is 19.9 Å². The summed E-state index contributed by atoms with van der Waals surface area (Å²) in [7, 11) is 0. The maximum atomic E-state index is 12.6. The van der Waals surface area contributed by atoms with Crippen LogP contribution in [-0.4, -0.2) is 49.4 Å². The minimum atomic E-state index is -0.286. The zero-order chi connectivity index (χ0) is 22.2. The van der Waals surface area contributed by atoms with Gasteiger partial charge in [0.05, 0.1) is 6.54 Å². The average Bonchev–Trinajstić information content (AvgIpc) is 2.87. The van der Waals surface area contributed by atoms with Gasteiger partial charge in [0.15, 0.2) is 0 Å². The molecule has 1 heterocycles. The van der Waals surface area contributed by atoms with Crippen molar-refractivity contribution in [3.8, 4) is 5.75 Å². The number of nitrogens with zero attached hydrogens (tertiary/aromatic N) is 2. The fourth-order valence-electron chi connectivity index (χ4n) is 3.69. The largest absolute Gasteiger partial charge is 0.489 e. The van der Waals surface area contributed by atoms with Crippen molar-refractivity contribution in [1.29, 1.82) is 0 Å². The van der Waals surface area contributed by atoms with Crippen molar-refractivity contribution in [2.75, 3.05) is 37.6 Å². The molecule has 1 saturated heterocycles. The molecule has 0 saturated carbocycles. The Morgan fingerprint density at radius 2 is 1.50 bits per heavy atom. The predicted octanol–water partition coefficient (Wildman–Crippen LogP) is 3.34. The van der Waals surface area contributed by atoms with Gasteiger partial charge >= 0.3 is 0 Å². The number of ether oxygens (including phenoxy) is 1. The molecule has 32 heavy (non-hydrogen) atoms. The molecule has 0 radical (unpaired) electrons. The molecule has 4 rings (SSSR count). The molecule has 1 N–H and O–H groups in total. The SMILES string of the molecule is O=C(NCC(=O)N1CCN(c2ccccc2)CC1)c1cccc(OCc2ccccc2)c1.